The normalized spacial score (nSPS) is 10.2. The first-order chi connectivity index (χ1) is 4.83. The van der Waals surface area contributed by atoms with Gasteiger partial charge in [0.05, 0.1) is 0 Å². The van der Waals surface area contributed by atoms with Gasteiger partial charge in [-0.2, -0.15) is 5.10 Å². The molecule has 0 atom stereocenters. The fourth-order valence-corrected chi connectivity index (χ4v) is 1.09. The van der Waals surface area contributed by atoms with Crippen LogP contribution in [-0.4, -0.2) is 23.8 Å². The minimum atomic E-state index is 0.874. The Morgan fingerprint density at radius 2 is 2.60 bits per heavy atom. The molecule has 56 valence electrons. The summed E-state index contributed by atoms with van der Waals surface area (Å²) in [6.45, 7) is 0.981. The molecular weight excluding hydrogens is 194 g/mol. The van der Waals surface area contributed by atoms with Crippen molar-refractivity contribution in [2.45, 2.75) is 6.42 Å². The van der Waals surface area contributed by atoms with Crippen molar-refractivity contribution >= 4 is 15.9 Å². The van der Waals surface area contributed by atoms with Crippen LogP contribution in [-0.2, 0) is 6.42 Å². The maximum Gasteiger partial charge on any atom is 0.128 e. The van der Waals surface area contributed by atoms with Crippen LogP contribution in [0.5, 0.6) is 0 Å². The van der Waals surface area contributed by atoms with Crippen molar-refractivity contribution in [2.75, 3.05) is 13.6 Å². The Balaban J connectivity index is 2.42. The third-order valence-corrected chi connectivity index (χ3v) is 1.65. The van der Waals surface area contributed by atoms with Crippen LogP contribution in [0, 0.1) is 0 Å². The number of aromatic amines is 1. The maximum absolute atomic E-state index is 3.93. The van der Waals surface area contributed by atoms with Crippen LogP contribution in [0.25, 0.3) is 0 Å². The van der Waals surface area contributed by atoms with E-state index in [9.17, 15) is 0 Å². The summed E-state index contributed by atoms with van der Waals surface area (Å²) >= 11 is 3.26. The molecule has 0 bridgehead atoms. The summed E-state index contributed by atoms with van der Waals surface area (Å²) in [5.74, 6) is 0. The van der Waals surface area contributed by atoms with E-state index in [0.29, 0.717) is 0 Å². The molecule has 0 aliphatic carbocycles. The van der Waals surface area contributed by atoms with E-state index in [0.717, 1.165) is 23.3 Å². The molecule has 0 fully saturated rings. The van der Waals surface area contributed by atoms with Gasteiger partial charge in [-0.15, -0.1) is 0 Å². The molecular formula is C6H10BrN3. The fraction of sp³-hybridized carbons (Fsp3) is 0.500. The number of hydrogen-bond donors (Lipinski definition) is 2. The highest BCUT2D eigenvalue weighted by Crippen LogP contribution is 2.06. The molecule has 0 unspecified atom stereocenters. The monoisotopic (exact) mass is 203 g/mol. The average Bonchev–Trinajstić information content (AvgIpc) is 2.31. The predicted molar refractivity (Wildman–Crippen MR) is 43.9 cm³/mol. The van der Waals surface area contributed by atoms with E-state index in [4.69, 9.17) is 0 Å². The van der Waals surface area contributed by atoms with Gasteiger partial charge in [-0.1, -0.05) is 0 Å². The highest BCUT2D eigenvalue weighted by molar-refractivity contribution is 9.10. The number of H-pyrrole nitrogens is 1. The second-order valence-corrected chi connectivity index (χ2v) is 2.88. The molecule has 4 heteroatoms. The van der Waals surface area contributed by atoms with Gasteiger partial charge < -0.3 is 5.32 Å². The van der Waals surface area contributed by atoms with Crippen molar-refractivity contribution in [3.8, 4) is 0 Å². The van der Waals surface area contributed by atoms with Gasteiger partial charge in [-0.25, -0.2) is 0 Å². The van der Waals surface area contributed by atoms with Gasteiger partial charge in [0.25, 0.3) is 0 Å². The van der Waals surface area contributed by atoms with Crippen LogP contribution in [0.4, 0.5) is 0 Å². The first kappa shape index (κ1) is 7.75. The first-order valence-electron chi connectivity index (χ1n) is 3.17. The van der Waals surface area contributed by atoms with Crippen LogP contribution < -0.4 is 5.32 Å². The zero-order chi connectivity index (χ0) is 7.40. The van der Waals surface area contributed by atoms with Crippen LogP contribution in [0.2, 0.25) is 0 Å². The predicted octanol–water partition coefficient (Wildman–Crippen LogP) is 0.934. The lowest BCUT2D eigenvalue weighted by Gasteiger charge is -1.93. The third kappa shape index (κ3) is 2.11. The Labute approximate surface area is 68.3 Å². The summed E-state index contributed by atoms with van der Waals surface area (Å²) in [5.41, 5.74) is 1.15. The molecule has 0 radical (unpaired) electrons. The van der Waals surface area contributed by atoms with Crippen molar-refractivity contribution in [1.82, 2.24) is 15.5 Å². The summed E-state index contributed by atoms with van der Waals surface area (Å²) in [6.07, 6.45) is 0.995. The average molecular weight is 204 g/mol. The molecule has 0 amide bonds. The van der Waals surface area contributed by atoms with E-state index in [1.165, 1.54) is 0 Å². The summed E-state index contributed by atoms with van der Waals surface area (Å²) < 4.78 is 0.874. The van der Waals surface area contributed by atoms with Gasteiger partial charge >= 0.3 is 0 Å². The van der Waals surface area contributed by atoms with Crippen molar-refractivity contribution in [2.24, 2.45) is 0 Å². The zero-order valence-electron chi connectivity index (χ0n) is 5.82. The second-order valence-electron chi connectivity index (χ2n) is 2.07. The second kappa shape index (κ2) is 3.73. The molecule has 1 aromatic heterocycles. The Kier molecular flexibility index (Phi) is 2.89. The summed E-state index contributed by atoms with van der Waals surface area (Å²) in [5, 5.41) is 9.90. The highest BCUT2D eigenvalue weighted by Gasteiger charge is 1.95. The molecule has 2 N–H and O–H groups in total. The standard InChI is InChI=1S/C6H10BrN3/c1-8-3-2-5-4-6(7)10-9-5/h4,8H,2-3H2,1H3,(H,9,10). The van der Waals surface area contributed by atoms with Gasteiger partial charge in [-0.05, 0) is 29.0 Å². The summed E-state index contributed by atoms with van der Waals surface area (Å²) in [4.78, 5) is 0. The van der Waals surface area contributed by atoms with Gasteiger partial charge in [0.1, 0.15) is 4.60 Å². The quantitative estimate of drug-likeness (QED) is 0.768. The number of nitrogens with zero attached hydrogens (tertiary/aromatic N) is 1. The Bertz CT molecular complexity index is 197. The lowest BCUT2D eigenvalue weighted by molar-refractivity contribution is 0.772. The van der Waals surface area contributed by atoms with E-state index in [1.54, 1.807) is 0 Å². The Hall–Kier alpha value is -0.350. The van der Waals surface area contributed by atoms with Crippen LogP contribution in [0.3, 0.4) is 0 Å². The third-order valence-electron chi connectivity index (χ3n) is 1.24. The summed E-state index contributed by atoms with van der Waals surface area (Å²) in [6, 6.07) is 1.98. The molecule has 0 saturated carbocycles. The molecule has 1 heterocycles. The number of rotatable bonds is 3. The maximum atomic E-state index is 3.93. The molecule has 10 heavy (non-hydrogen) atoms. The smallest absolute Gasteiger partial charge is 0.128 e. The van der Waals surface area contributed by atoms with Gasteiger partial charge in [0.15, 0.2) is 0 Å². The number of hydrogen-bond acceptors (Lipinski definition) is 2. The number of nitrogens with one attached hydrogen (secondary N) is 2. The largest absolute Gasteiger partial charge is 0.319 e. The van der Waals surface area contributed by atoms with E-state index in [-0.39, 0.29) is 0 Å². The van der Waals surface area contributed by atoms with Crippen LogP contribution >= 0.6 is 15.9 Å². The van der Waals surface area contributed by atoms with Crippen molar-refractivity contribution in [3.05, 3.63) is 16.4 Å². The molecule has 1 rings (SSSR count). The molecule has 1 aromatic rings. The van der Waals surface area contributed by atoms with Crippen LogP contribution in [0.1, 0.15) is 5.69 Å². The van der Waals surface area contributed by atoms with E-state index in [2.05, 4.69) is 31.4 Å². The summed E-state index contributed by atoms with van der Waals surface area (Å²) in [7, 11) is 1.94. The van der Waals surface area contributed by atoms with Crippen molar-refractivity contribution < 1.29 is 0 Å². The minimum Gasteiger partial charge on any atom is -0.319 e. The topological polar surface area (TPSA) is 40.7 Å². The van der Waals surface area contributed by atoms with Gasteiger partial charge in [-0.3, -0.25) is 5.10 Å². The van der Waals surface area contributed by atoms with Gasteiger partial charge in [0.2, 0.25) is 0 Å². The lowest BCUT2D eigenvalue weighted by atomic mass is 10.3. The number of likely N-dealkylation sites (N-methyl/N-ethyl adjacent to an activating group) is 1. The Morgan fingerprint density at radius 1 is 1.80 bits per heavy atom. The highest BCUT2D eigenvalue weighted by atomic mass is 79.9. The van der Waals surface area contributed by atoms with E-state index < -0.39 is 0 Å². The van der Waals surface area contributed by atoms with Crippen LogP contribution in [0.15, 0.2) is 10.7 Å². The SMILES string of the molecule is CNCCc1cc(Br)n[nH]1. The molecule has 0 saturated heterocycles. The van der Waals surface area contributed by atoms with Gasteiger partial charge in [0, 0.05) is 18.7 Å². The van der Waals surface area contributed by atoms with Crippen molar-refractivity contribution in [1.29, 1.82) is 0 Å². The van der Waals surface area contributed by atoms with E-state index >= 15 is 0 Å². The molecule has 0 aliphatic rings. The zero-order valence-corrected chi connectivity index (χ0v) is 7.40. The molecule has 0 spiro atoms. The Morgan fingerprint density at radius 3 is 3.10 bits per heavy atom. The number of halogens is 1. The van der Waals surface area contributed by atoms with Crippen molar-refractivity contribution in [3.63, 3.8) is 0 Å². The molecule has 3 nitrogen and oxygen atoms in total. The first-order valence-corrected chi connectivity index (χ1v) is 3.96. The number of aromatic nitrogens is 2. The minimum absolute atomic E-state index is 0.874. The molecule has 0 aromatic carbocycles. The lowest BCUT2D eigenvalue weighted by Crippen LogP contribution is -2.10. The van der Waals surface area contributed by atoms with E-state index in [1.807, 2.05) is 13.1 Å². The molecule has 0 aliphatic heterocycles. The fourth-order valence-electron chi connectivity index (χ4n) is 0.721.